The minimum atomic E-state index is -1.00. The minimum absolute atomic E-state index is 0.138. The van der Waals surface area contributed by atoms with E-state index < -0.39 is 35.7 Å². The molecule has 206 valence electrons. The Hall–Kier alpha value is -4.39. The Labute approximate surface area is 228 Å². The third kappa shape index (κ3) is 8.30. The van der Waals surface area contributed by atoms with E-state index in [1.165, 1.54) is 9.80 Å². The Balaban J connectivity index is 1.75. The van der Waals surface area contributed by atoms with Gasteiger partial charge in [0.1, 0.15) is 23.4 Å². The maximum atomic E-state index is 13.4. The molecule has 1 aliphatic heterocycles. The molecule has 0 unspecified atom stereocenters. The number of amides is 3. The molecule has 0 aromatic heterocycles. The van der Waals surface area contributed by atoms with Crippen LogP contribution in [0.4, 0.5) is 4.79 Å². The lowest BCUT2D eigenvalue weighted by molar-refractivity contribution is -0.159. The summed E-state index contributed by atoms with van der Waals surface area (Å²) in [6, 6.07) is 13.8. The molecular weight excluding hydrogens is 500 g/mol. The molecule has 0 saturated carbocycles. The lowest BCUT2D eigenvalue weighted by atomic mass is 10.0. The van der Waals surface area contributed by atoms with Gasteiger partial charge in [-0.3, -0.25) is 9.59 Å². The monoisotopic (exact) mass is 534 g/mol. The third-order valence-corrected chi connectivity index (χ3v) is 6.01. The van der Waals surface area contributed by atoms with Crippen molar-refractivity contribution < 1.29 is 28.7 Å². The van der Waals surface area contributed by atoms with Crippen molar-refractivity contribution in [1.29, 1.82) is 5.26 Å². The highest BCUT2D eigenvalue weighted by Gasteiger charge is 2.38. The van der Waals surface area contributed by atoms with Gasteiger partial charge in [0.15, 0.2) is 0 Å². The van der Waals surface area contributed by atoms with E-state index >= 15 is 0 Å². The summed E-state index contributed by atoms with van der Waals surface area (Å²) in [4.78, 5) is 53.7. The van der Waals surface area contributed by atoms with E-state index in [-0.39, 0.29) is 25.3 Å². The molecule has 1 N–H and O–H groups in total. The quantitative estimate of drug-likeness (QED) is 0.515. The lowest BCUT2D eigenvalue weighted by Gasteiger charge is -2.28. The predicted molar refractivity (Wildman–Crippen MR) is 142 cm³/mol. The van der Waals surface area contributed by atoms with Gasteiger partial charge < -0.3 is 24.6 Å². The number of hydrogen-bond donors (Lipinski definition) is 1. The minimum Gasteiger partial charge on any atom is -0.458 e. The maximum Gasteiger partial charge on any atom is 0.414 e. The van der Waals surface area contributed by atoms with Crippen molar-refractivity contribution in [2.45, 2.75) is 64.3 Å². The van der Waals surface area contributed by atoms with Crippen LogP contribution in [0.15, 0.2) is 48.5 Å². The number of likely N-dealkylation sites (tertiary alicyclic amines) is 1. The van der Waals surface area contributed by atoms with E-state index in [1.807, 2.05) is 0 Å². The van der Waals surface area contributed by atoms with Gasteiger partial charge in [0.2, 0.25) is 11.8 Å². The summed E-state index contributed by atoms with van der Waals surface area (Å²) in [5.41, 5.74) is 1.24. The largest absolute Gasteiger partial charge is 0.458 e. The topological polar surface area (TPSA) is 129 Å². The average molecular weight is 535 g/mol. The van der Waals surface area contributed by atoms with Gasteiger partial charge in [0.05, 0.1) is 11.6 Å². The van der Waals surface area contributed by atoms with Crippen molar-refractivity contribution in [2.75, 3.05) is 14.1 Å². The van der Waals surface area contributed by atoms with Crippen LogP contribution in [0.25, 0.3) is 0 Å². The first-order chi connectivity index (χ1) is 18.4. The average Bonchev–Trinajstić information content (AvgIpc) is 3.24. The standard InChI is InChI=1S/C29H34N4O6/c1-29(2,3)39-27(36)23(16-19-10-12-22(13-11-19)38-28(37)32(4)5)31-26(35)24-14-15-25(34)33(24)18-21-8-6-20(17-30)7-9-21/h6-13,23-24H,14-16,18H2,1-5H3,(H,31,35)/t23-,24-/m0/s1. The molecule has 0 spiro atoms. The van der Waals surface area contributed by atoms with Crippen LogP contribution in [-0.2, 0) is 32.1 Å². The summed E-state index contributed by atoms with van der Waals surface area (Å²) in [6.07, 6.45) is 0.170. The molecule has 10 heteroatoms. The molecular formula is C29H34N4O6. The molecule has 39 heavy (non-hydrogen) atoms. The van der Waals surface area contributed by atoms with Gasteiger partial charge >= 0.3 is 12.1 Å². The molecule has 3 amide bonds. The molecule has 1 saturated heterocycles. The van der Waals surface area contributed by atoms with Gasteiger partial charge in [-0.15, -0.1) is 0 Å². The molecule has 2 atom stereocenters. The molecule has 3 rings (SSSR count). The van der Waals surface area contributed by atoms with Crippen LogP contribution in [0, 0.1) is 11.3 Å². The molecule has 0 bridgehead atoms. The second-order valence-electron chi connectivity index (χ2n) is 10.6. The van der Waals surface area contributed by atoms with Crippen molar-refractivity contribution in [1.82, 2.24) is 15.1 Å². The summed E-state index contributed by atoms with van der Waals surface area (Å²) in [5, 5.41) is 11.8. The van der Waals surface area contributed by atoms with Crippen LogP contribution < -0.4 is 10.1 Å². The van der Waals surface area contributed by atoms with Crippen molar-refractivity contribution in [3.05, 3.63) is 65.2 Å². The number of nitrogens with one attached hydrogen (secondary N) is 1. The number of rotatable bonds is 8. The Kier molecular flexibility index (Phi) is 9.30. The number of ether oxygens (including phenoxy) is 2. The maximum absolute atomic E-state index is 13.4. The highest BCUT2D eigenvalue weighted by molar-refractivity contribution is 5.93. The highest BCUT2D eigenvalue weighted by atomic mass is 16.6. The molecule has 1 fully saturated rings. The highest BCUT2D eigenvalue weighted by Crippen LogP contribution is 2.23. The van der Waals surface area contributed by atoms with E-state index in [0.717, 1.165) is 5.56 Å². The summed E-state index contributed by atoms with van der Waals surface area (Å²) in [5.74, 6) is -0.849. The first kappa shape index (κ1) is 29.2. The van der Waals surface area contributed by atoms with Crippen LogP contribution in [-0.4, -0.2) is 65.5 Å². The number of hydrogen-bond acceptors (Lipinski definition) is 7. The second-order valence-corrected chi connectivity index (χ2v) is 10.6. The van der Waals surface area contributed by atoms with E-state index in [0.29, 0.717) is 23.3 Å². The van der Waals surface area contributed by atoms with Crippen molar-refractivity contribution in [3.63, 3.8) is 0 Å². The zero-order valence-electron chi connectivity index (χ0n) is 22.9. The Morgan fingerprint density at radius 2 is 1.69 bits per heavy atom. The summed E-state index contributed by atoms with van der Waals surface area (Å²) in [6.45, 7) is 5.44. The molecule has 1 heterocycles. The number of nitrogens with zero attached hydrogens (tertiary/aromatic N) is 3. The fourth-order valence-electron chi connectivity index (χ4n) is 4.04. The van der Waals surface area contributed by atoms with Crippen LogP contribution >= 0.6 is 0 Å². The van der Waals surface area contributed by atoms with E-state index in [4.69, 9.17) is 14.7 Å². The van der Waals surface area contributed by atoms with Crippen LogP contribution in [0.5, 0.6) is 5.75 Å². The van der Waals surface area contributed by atoms with Crippen molar-refractivity contribution in [2.24, 2.45) is 0 Å². The molecule has 0 aliphatic carbocycles. The van der Waals surface area contributed by atoms with Gasteiger partial charge in [-0.25, -0.2) is 9.59 Å². The predicted octanol–water partition coefficient (Wildman–Crippen LogP) is 3.18. The first-order valence-electron chi connectivity index (χ1n) is 12.7. The smallest absolute Gasteiger partial charge is 0.414 e. The SMILES string of the molecule is CN(C)C(=O)Oc1ccc(C[C@H](NC(=O)[C@@H]2CCC(=O)N2Cc2ccc(C#N)cc2)C(=O)OC(C)(C)C)cc1. The zero-order valence-corrected chi connectivity index (χ0v) is 22.9. The van der Waals surface area contributed by atoms with Gasteiger partial charge in [-0.1, -0.05) is 24.3 Å². The summed E-state index contributed by atoms with van der Waals surface area (Å²) < 4.78 is 10.8. The molecule has 1 aliphatic rings. The van der Waals surface area contributed by atoms with Crippen LogP contribution in [0.1, 0.15) is 50.3 Å². The Bertz CT molecular complexity index is 1240. The Morgan fingerprint density at radius 1 is 1.08 bits per heavy atom. The number of carbonyl (C=O) groups is 4. The number of benzene rings is 2. The van der Waals surface area contributed by atoms with Gasteiger partial charge in [0, 0.05) is 33.5 Å². The third-order valence-electron chi connectivity index (χ3n) is 6.01. The number of esters is 1. The van der Waals surface area contributed by atoms with Gasteiger partial charge in [-0.2, -0.15) is 5.26 Å². The van der Waals surface area contributed by atoms with E-state index in [2.05, 4.69) is 11.4 Å². The van der Waals surface area contributed by atoms with Crippen molar-refractivity contribution >= 4 is 23.9 Å². The summed E-state index contributed by atoms with van der Waals surface area (Å²) in [7, 11) is 3.16. The normalized spacial score (nSPS) is 15.7. The first-order valence-corrected chi connectivity index (χ1v) is 12.7. The van der Waals surface area contributed by atoms with E-state index in [1.54, 1.807) is 83.4 Å². The van der Waals surface area contributed by atoms with Gasteiger partial charge in [0.25, 0.3) is 0 Å². The fraction of sp³-hybridized carbons (Fsp3) is 0.414. The molecule has 10 nitrogen and oxygen atoms in total. The molecule has 2 aromatic rings. The van der Waals surface area contributed by atoms with Gasteiger partial charge in [-0.05, 0) is 62.6 Å². The Morgan fingerprint density at radius 3 is 2.26 bits per heavy atom. The zero-order chi connectivity index (χ0) is 28.7. The van der Waals surface area contributed by atoms with Crippen molar-refractivity contribution in [3.8, 4) is 11.8 Å². The number of nitriles is 1. The molecule has 2 aromatic carbocycles. The van der Waals surface area contributed by atoms with Crippen LogP contribution in [0.3, 0.4) is 0 Å². The fourth-order valence-corrected chi connectivity index (χ4v) is 4.04. The molecule has 0 radical (unpaired) electrons. The second kappa shape index (κ2) is 12.4. The number of carbonyl (C=O) groups excluding carboxylic acids is 4. The van der Waals surface area contributed by atoms with Crippen LogP contribution in [0.2, 0.25) is 0 Å². The van der Waals surface area contributed by atoms with E-state index in [9.17, 15) is 19.2 Å². The lowest BCUT2D eigenvalue weighted by Crippen LogP contribution is -2.52. The summed E-state index contributed by atoms with van der Waals surface area (Å²) >= 11 is 0.